The molecule has 0 saturated carbocycles. The summed E-state index contributed by atoms with van der Waals surface area (Å²) in [6.45, 7) is -0.350. The molecule has 0 bridgehead atoms. The molecule has 0 aromatic heterocycles. The Labute approximate surface area is 102 Å². The lowest BCUT2D eigenvalue weighted by atomic mass is 10.1. The van der Waals surface area contributed by atoms with E-state index in [-0.39, 0.29) is 12.2 Å². The van der Waals surface area contributed by atoms with Crippen LogP contribution >= 0.6 is 0 Å². The molecule has 0 fully saturated rings. The number of aryl methyl sites for hydroxylation is 1. The number of alkyl halides is 3. The Morgan fingerprint density at radius 1 is 1.17 bits per heavy atom. The standard InChI is InChI=1S/C12H13F3O3/c13-12(14,15)18-8-2-1-3-9-4-6-10(7-5-9)11(16)17/h4-7H,1-3,8H2,(H,16,17). The van der Waals surface area contributed by atoms with Crippen molar-refractivity contribution >= 4 is 5.97 Å². The number of hydrogen-bond acceptors (Lipinski definition) is 2. The summed E-state index contributed by atoms with van der Waals surface area (Å²) in [7, 11) is 0. The highest BCUT2D eigenvalue weighted by atomic mass is 19.4. The normalized spacial score (nSPS) is 11.5. The molecule has 0 aliphatic rings. The van der Waals surface area contributed by atoms with Gasteiger partial charge >= 0.3 is 12.3 Å². The molecule has 0 amide bonds. The molecule has 0 heterocycles. The maximum atomic E-state index is 11.6. The highest BCUT2D eigenvalue weighted by Gasteiger charge is 2.28. The fourth-order valence-electron chi connectivity index (χ4n) is 1.43. The highest BCUT2D eigenvalue weighted by molar-refractivity contribution is 5.87. The number of halogens is 3. The van der Waals surface area contributed by atoms with Gasteiger partial charge in [0.1, 0.15) is 0 Å². The number of benzene rings is 1. The number of unbranched alkanes of at least 4 members (excludes halogenated alkanes) is 1. The van der Waals surface area contributed by atoms with E-state index >= 15 is 0 Å². The fraction of sp³-hybridized carbons (Fsp3) is 0.417. The minimum Gasteiger partial charge on any atom is -0.478 e. The van der Waals surface area contributed by atoms with Gasteiger partial charge in [0.2, 0.25) is 0 Å². The molecule has 0 radical (unpaired) electrons. The van der Waals surface area contributed by atoms with E-state index in [2.05, 4.69) is 4.74 Å². The maximum Gasteiger partial charge on any atom is 0.522 e. The van der Waals surface area contributed by atoms with Crippen LogP contribution in [0.5, 0.6) is 0 Å². The van der Waals surface area contributed by atoms with Crippen LogP contribution in [0.2, 0.25) is 0 Å². The third-order valence-electron chi connectivity index (χ3n) is 2.33. The smallest absolute Gasteiger partial charge is 0.478 e. The topological polar surface area (TPSA) is 46.5 Å². The second kappa shape index (κ2) is 6.39. The van der Waals surface area contributed by atoms with E-state index in [1.54, 1.807) is 12.1 Å². The number of carboxylic acids is 1. The monoisotopic (exact) mass is 262 g/mol. The lowest BCUT2D eigenvalue weighted by Crippen LogP contribution is -2.14. The molecule has 6 heteroatoms. The predicted octanol–water partition coefficient (Wildman–Crippen LogP) is 3.24. The van der Waals surface area contributed by atoms with Crippen molar-refractivity contribution in [3.05, 3.63) is 35.4 Å². The largest absolute Gasteiger partial charge is 0.522 e. The molecule has 1 N–H and O–H groups in total. The number of ether oxygens (including phenoxy) is 1. The molecule has 100 valence electrons. The van der Waals surface area contributed by atoms with Crippen molar-refractivity contribution in [2.75, 3.05) is 6.61 Å². The quantitative estimate of drug-likeness (QED) is 0.800. The van der Waals surface area contributed by atoms with Gasteiger partial charge in [-0.2, -0.15) is 0 Å². The molecule has 0 atom stereocenters. The number of carboxylic acid groups (broad SMARTS) is 1. The van der Waals surface area contributed by atoms with Gasteiger partial charge in [-0.25, -0.2) is 4.79 Å². The second-order valence-electron chi connectivity index (χ2n) is 3.75. The van der Waals surface area contributed by atoms with Gasteiger partial charge in [-0.3, -0.25) is 4.74 Å². The van der Waals surface area contributed by atoms with Crippen molar-refractivity contribution in [3.8, 4) is 0 Å². The van der Waals surface area contributed by atoms with Crippen molar-refractivity contribution in [1.29, 1.82) is 0 Å². The Hall–Kier alpha value is -1.56. The van der Waals surface area contributed by atoms with Crippen LogP contribution in [0.1, 0.15) is 28.8 Å². The van der Waals surface area contributed by atoms with E-state index in [0.717, 1.165) is 5.56 Å². The molecule has 1 aromatic rings. The van der Waals surface area contributed by atoms with E-state index in [4.69, 9.17) is 5.11 Å². The zero-order chi connectivity index (χ0) is 13.6. The van der Waals surface area contributed by atoms with Gasteiger partial charge in [-0.15, -0.1) is 13.2 Å². The minimum absolute atomic E-state index is 0.194. The number of carbonyl (C=O) groups is 1. The molecule has 0 aliphatic heterocycles. The zero-order valence-electron chi connectivity index (χ0n) is 9.54. The van der Waals surface area contributed by atoms with Crippen LogP contribution in [0.4, 0.5) is 13.2 Å². The summed E-state index contributed by atoms with van der Waals surface area (Å²) in [4.78, 5) is 10.6. The molecule has 0 saturated heterocycles. The van der Waals surface area contributed by atoms with Crippen LogP contribution in [-0.4, -0.2) is 24.0 Å². The van der Waals surface area contributed by atoms with E-state index < -0.39 is 12.3 Å². The maximum absolute atomic E-state index is 11.6. The first-order valence-corrected chi connectivity index (χ1v) is 5.41. The lowest BCUT2D eigenvalue weighted by molar-refractivity contribution is -0.324. The van der Waals surface area contributed by atoms with Crippen molar-refractivity contribution in [2.45, 2.75) is 25.6 Å². The molecule has 0 aliphatic carbocycles. The van der Waals surface area contributed by atoms with Crippen LogP contribution in [-0.2, 0) is 11.2 Å². The SMILES string of the molecule is O=C(O)c1ccc(CCCCOC(F)(F)F)cc1. The van der Waals surface area contributed by atoms with Crippen molar-refractivity contribution in [2.24, 2.45) is 0 Å². The Kier molecular flexibility index (Phi) is 5.15. The molecule has 18 heavy (non-hydrogen) atoms. The van der Waals surface area contributed by atoms with Crippen LogP contribution < -0.4 is 0 Å². The number of hydrogen-bond donors (Lipinski definition) is 1. The summed E-state index contributed by atoms with van der Waals surface area (Å²) in [5.74, 6) is -1.000. The van der Waals surface area contributed by atoms with Crippen LogP contribution in [0.15, 0.2) is 24.3 Å². The molecule has 1 rings (SSSR count). The predicted molar refractivity (Wildman–Crippen MR) is 58.3 cm³/mol. The van der Waals surface area contributed by atoms with Gasteiger partial charge in [0.05, 0.1) is 12.2 Å². The first-order valence-electron chi connectivity index (χ1n) is 5.41. The summed E-state index contributed by atoms with van der Waals surface area (Å²) in [6, 6.07) is 6.27. The third-order valence-corrected chi connectivity index (χ3v) is 2.33. The second-order valence-corrected chi connectivity index (χ2v) is 3.75. The Balaban J connectivity index is 2.25. The first-order chi connectivity index (χ1) is 8.38. The number of aromatic carboxylic acids is 1. The van der Waals surface area contributed by atoms with Crippen LogP contribution in [0.25, 0.3) is 0 Å². The van der Waals surface area contributed by atoms with Crippen molar-refractivity contribution in [1.82, 2.24) is 0 Å². The summed E-state index contributed by atoms with van der Waals surface area (Å²) >= 11 is 0. The van der Waals surface area contributed by atoms with Crippen LogP contribution in [0, 0.1) is 0 Å². The third kappa shape index (κ3) is 5.67. The average molecular weight is 262 g/mol. The van der Waals surface area contributed by atoms with Crippen molar-refractivity contribution in [3.63, 3.8) is 0 Å². The first kappa shape index (κ1) is 14.5. The highest BCUT2D eigenvalue weighted by Crippen LogP contribution is 2.17. The van der Waals surface area contributed by atoms with E-state index in [9.17, 15) is 18.0 Å². The Bertz CT molecular complexity index is 385. The van der Waals surface area contributed by atoms with Crippen molar-refractivity contribution < 1.29 is 27.8 Å². The van der Waals surface area contributed by atoms with E-state index in [1.165, 1.54) is 12.1 Å². The average Bonchev–Trinajstić information content (AvgIpc) is 2.27. The molecule has 0 spiro atoms. The van der Waals surface area contributed by atoms with Gasteiger partial charge < -0.3 is 5.11 Å². The molecular weight excluding hydrogens is 249 g/mol. The Morgan fingerprint density at radius 2 is 1.78 bits per heavy atom. The van der Waals surface area contributed by atoms with Gasteiger partial charge in [0.25, 0.3) is 0 Å². The minimum atomic E-state index is -4.57. The van der Waals surface area contributed by atoms with Gasteiger partial charge in [-0.05, 0) is 37.0 Å². The van der Waals surface area contributed by atoms with Gasteiger partial charge in [0, 0.05) is 0 Å². The van der Waals surface area contributed by atoms with Gasteiger partial charge in [-0.1, -0.05) is 12.1 Å². The van der Waals surface area contributed by atoms with Gasteiger partial charge in [0.15, 0.2) is 0 Å². The molecular formula is C12H13F3O3. The molecule has 3 nitrogen and oxygen atoms in total. The summed E-state index contributed by atoms with van der Waals surface area (Å²) in [6.07, 6.45) is -3.10. The summed E-state index contributed by atoms with van der Waals surface area (Å²) < 4.78 is 38.6. The number of rotatable bonds is 6. The van der Waals surface area contributed by atoms with Crippen LogP contribution in [0.3, 0.4) is 0 Å². The van der Waals surface area contributed by atoms with E-state index in [1.807, 2.05) is 0 Å². The summed E-state index contributed by atoms with van der Waals surface area (Å²) in [5.41, 5.74) is 1.09. The van der Waals surface area contributed by atoms with E-state index in [0.29, 0.717) is 19.3 Å². The molecule has 1 aromatic carbocycles. The summed E-state index contributed by atoms with van der Waals surface area (Å²) in [5, 5.41) is 8.67. The fourth-order valence-corrected chi connectivity index (χ4v) is 1.43. The molecule has 0 unspecified atom stereocenters. The Morgan fingerprint density at radius 3 is 2.28 bits per heavy atom. The lowest BCUT2D eigenvalue weighted by Gasteiger charge is -2.07. The zero-order valence-corrected chi connectivity index (χ0v) is 9.54.